The SMILES string of the molecule is C#Cc1ccccc1C(C(=O)NC(C)(C)C)N(CCCCCC)C(=O)C(CC(C)C)NC(=O)OC(C)(C)C. The normalized spacial score (nSPS) is 13.3. The summed E-state index contributed by atoms with van der Waals surface area (Å²) in [6, 6.07) is 5.39. The highest BCUT2D eigenvalue weighted by atomic mass is 16.6. The Morgan fingerprint density at radius 1 is 1.03 bits per heavy atom. The molecule has 38 heavy (non-hydrogen) atoms. The standard InChI is InChI=1S/C31H49N3O4/c1-11-13-14-17-20-34(28(36)25(21-22(3)4)32-29(37)38-31(8,9)10)26(27(35)33-30(5,6)7)24-19-16-15-18-23(24)12-2/h2,15-16,18-19,22,25-26H,11,13-14,17,20-21H2,1,3-10H3,(H,32,37)(H,33,35). The Kier molecular flexibility index (Phi) is 12.9. The predicted octanol–water partition coefficient (Wildman–Crippen LogP) is 5.97. The molecule has 2 N–H and O–H groups in total. The number of amides is 3. The van der Waals surface area contributed by atoms with Gasteiger partial charge >= 0.3 is 6.09 Å². The van der Waals surface area contributed by atoms with Gasteiger partial charge in [-0.1, -0.05) is 64.2 Å². The van der Waals surface area contributed by atoms with Crippen LogP contribution < -0.4 is 10.6 Å². The number of nitrogens with one attached hydrogen (secondary N) is 2. The zero-order chi connectivity index (χ0) is 29.1. The first-order valence-corrected chi connectivity index (χ1v) is 13.8. The fraction of sp³-hybridized carbons (Fsp3) is 0.645. The molecule has 2 atom stereocenters. The van der Waals surface area contributed by atoms with Crippen LogP contribution in [-0.4, -0.2) is 46.5 Å². The van der Waals surface area contributed by atoms with Gasteiger partial charge in [-0.2, -0.15) is 0 Å². The average molecular weight is 528 g/mol. The van der Waals surface area contributed by atoms with Gasteiger partial charge in [0.1, 0.15) is 17.7 Å². The van der Waals surface area contributed by atoms with Crippen LogP contribution >= 0.6 is 0 Å². The lowest BCUT2D eigenvalue weighted by molar-refractivity contribution is -0.143. The van der Waals surface area contributed by atoms with E-state index in [4.69, 9.17) is 11.2 Å². The number of benzene rings is 1. The van der Waals surface area contributed by atoms with Crippen LogP contribution in [0.5, 0.6) is 0 Å². The highest BCUT2D eigenvalue weighted by Gasteiger charge is 2.38. The molecule has 2 unspecified atom stereocenters. The lowest BCUT2D eigenvalue weighted by atomic mass is 9.95. The molecule has 0 bridgehead atoms. The first kappa shape index (κ1) is 33.0. The molecule has 7 heteroatoms. The van der Waals surface area contributed by atoms with Gasteiger partial charge < -0.3 is 20.3 Å². The molecule has 0 aliphatic carbocycles. The lowest BCUT2D eigenvalue weighted by Crippen LogP contribution is -2.55. The van der Waals surface area contributed by atoms with Crippen molar-refractivity contribution in [2.75, 3.05) is 6.54 Å². The third-order valence-corrected chi connectivity index (χ3v) is 5.70. The van der Waals surface area contributed by atoms with Crippen LogP contribution in [0.2, 0.25) is 0 Å². The molecular weight excluding hydrogens is 478 g/mol. The smallest absolute Gasteiger partial charge is 0.408 e. The Hall–Kier alpha value is -3.01. The number of alkyl carbamates (subject to hydrolysis) is 1. The number of unbranched alkanes of at least 4 members (excludes halogenated alkanes) is 3. The van der Waals surface area contributed by atoms with Gasteiger partial charge in [-0.25, -0.2) is 4.79 Å². The Bertz CT molecular complexity index is 967. The Balaban J connectivity index is 3.61. The molecule has 0 heterocycles. The second-order valence-corrected chi connectivity index (χ2v) is 12.3. The number of nitrogens with zero attached hydrogens (tertiary/aromatic N) is 1. The Morgan fingerprint density at radius 2 is 1.66 bits per heavy atom. The summed E-state index contributed by atoms with van der Waals surface area (Å²) in [6.45, 7) is 17.5. The highest BCUT2D eigenvalue weighted by molar-refractivity contribution is 5.92. The van der Waals surface area contributed by atoms with E-state index in [9.17, 15) is 14.4 Å². The molecule has 0 radical (unpaired) electrons. The van der Waals surface area contributed by atoms with Gasteiger partial charge in [0.2, 0.25) is 11.8 Å². The van der Waals surface area contributed by atoms with Gasteiger partial charge in [0.15, 0.2) is 0 Å². The third-order valence-electron chi connectivity index (χ3n) is 5.70. The van der Waals surface area contributed by atoms with E-state index < -0.39 is 29.3 Å². The van der Waals surface area contributed by atoms with E-state index in [-0.39, 0.29) is 17.7 Å². The van der Waals surface area contributed by atoms with Crippen molar-refractivity contribution in [2.24, 2.45) is 5.92 Å². The summed E-state index contributed by atoms with van der Waals surface area (Å²) in [4.78, 5) is 42.4. The summed E-state index contributed by atoms with van der Waals surface area (Å²) in [5.74, 6) is 2.14. The maximum absolute atomic E-state index is 14.3. The van der Waals surface area contributed by atoms with Crippen molar-refractivity contribution < 1.29 is 19.1 Å². The van der Waals surface area contributed by atoms with E-state index >= 15 is 0 Å². The van der Waals surface area contributed by atoms with E-state index in [1.807, 2.05) is 46.8 Å². The van der Waals surface area contributed by atoms with Crippen molar-refractivity contribution in [1.29, 1.82) is 0 Å². The van der Waals surface area contributed by atoms with E-state index in [1.54, 1.807) is 37.8 Å². The summed E-state index contributed by atoms with van der Waals surface area (Å²) in [6.07, 6.45) is 9.25. The van der Waals surface area contributed by atoms with Crippen molar-refractivity contribution in [3.05, 3.63) is 35.4 Å². The van der Waals surface area contributed by atoms with Gasteiger partial charge in [-0.05, 0) is 71.9 Å². The average Bonchev–Trinajstić information content (AvgIpc) is 2.77. The lowest BCUT2D eigenvalue weighted by Gasteiger charge is -2.36. The van der Waals surface area contributed by atoms with Crippen molar-refractivity contribution in [1.82, 2.24) is 15.5 Å². The fourth-order valence-electron chi connectivity index (χ4n) is 4.17. The maximum Gasteiger partial charge on any atom is 0.408 e. The minimum atomic E-state index is -0.953. The summed E-state index contributed by atoms with van der Waals surface area (Å²) < 4.78 is 5.46. The van der Waals surface area contributed by atoms with Gasteiger partial charge in [-0.3, -0.25) is 9.59 Å². The molecule has 0 saturated heterocycles. The summed E-state index contributed by atoms with van der Waals surface area (Å²) in [5.41, 5.74) is -0.103. The third kappa shape index (κ3) is 11.6. The first-order valence-electron chi connectivity index (χ1n) is 13.8. The van der Waals surface area contributed by atoms with Crippen LogP contribution in [0, 0.1) is 18.3 Å². The molecule has 1 aromatic rings. The van der Waals surface area contributed by atoms with E-state index in [0.717, 1.165) is 25.7 Å². The largest absolute Gasteiger partial charge is 0.444 e. The van der Waals surface area contributed by atoms with Gasteiger partial charge in [-0.15, -0.1) is 6.42 Å². The van der Waals surface area contributed by atoms with Crippen molar-refractivity contribution in [2.45, 2.75) is 118 Å². The molecular formula is C31H49N3O4. The molecule has 1 aromatic carbocycles. The number of ether oxygens (including phenoxy) is 1. The Labute approximate surface area is 230 Å². The second kappa shape index (κ2) is 14.8. The molecule has 7 nitrogen and oxygen atoms in total. The molecule has 0 spiro atoms. The van der Waals surface area contributed by atoms with Gasteiger partial charge in [0.25, 0.3) is 0 Å². The quantitative estimate of drug-likeness (QED) is 0.259. The number of terminal acetylenes is 1. The number of carbonyl (C=O) groups is 3. The zero-order valence-electron chi connectivity index (χ0n) is 24.9. The molecule has 0 aromatic heterocycles. The van der Waals surface area contributed by atoms with Crippen LogP contribution in [0.25, 0.3) is 0 Å². The molecule has 1 rings (SSSR count). The summed E-state index contributed by atoms with van der Waals surface area (Å²) in [7, 11) is 0. The number of hydrogen-bond donors (Lipinski definition) is 2. The maximum atomic E-state index is 14.3. The van der Waals surface area contributed by atoms with Crippen molar-refractivity contribution >= 4 is 17.9 Å². The zero-order valence-corrected chi connectivity index (χ0v) is 24.9. The van der Waals surface area contributed by atoms with Crippen LogP contribution in [-0.2, 0) is 14.3 Å². The Morgan fingerprint density at radius 3 is 2.18 bits per heavy atom. The van der Waals surface area contributed by atoms with Crippen LogP contribution in [0.3, 0.4) is 0 Å². The number of carbonyl (C=O) groups excluding carboxylic acids is 3. The van der Waals surface area contributed by atoms with Gasteiger partial charge in [0, 0.05) is 17.6 Å². The van der Waals surface area contributed by atoms with Crippen molar-refractivity contribution in [3.8, 4) is 12.3 Å². The van der Waals surface area contributed by atoms with E-state index in [1.165, 1.54) is 0 Å². The molecule has 3 amide bonds. The van der Waals surface area contributed by atoms with Crippen LogP contribution in [0.1, 0.15) is 112 Å². The highest BCUT2D eigenvalue weighted by Crippen LogP contribution is 2.28. The summed E-state index contributed by atoms with van der Waals surface area (Å²) >= 11 is 0. The molecule has 0 fully saturated rings. The number of rotatable bonds is 12. The van der Waals surface area contributed by atoms with Crippen molar-refractivity contribution in [3.63, 3.8) is 0 Å². The van der Waals surface area contributed by atoms with Gasteiger partial charge in [0.05, 0.1) is 0 Å². The molecule has 0 saturated carbocycles. The monoisotopic (exact) mass is 527 g/mol. The van der Waals surface area contributed by atoms with E-state index in [2.05, 4.69) is 23.5 Å². The minimum Gasteiger partial charge on any atom is -0.444 e. The molecule has 0 aliphatic heterocycles. The first-order chi connectivity index (χ1) is 17.6. The number of hydrogen-bond acceptors (Lipinski definition) is 4. The predicted molar refractivity (Wildman–Crippen MR) is 153 cm³/mol. The van der Waals surface area contributed by atoms with Crippen LogP contribution in [0.4, 0.5) is 4.79 Å². The minimum absolute atomic E-state index is 0.112. The molecule has 0 aliphatic rings. The van der Waals surface area contributed by atoms with E-state index in [0.29, 0.717) is 24.1 Å². The second-order valence-electron chi connectivity index (χ2n) is 12.3. The fourth-order valence-corrected chi connectivity index (χ4v) is 4.17. The summed E-state index contributed by atoms with van der Waals surface area (Å²) in [5, 5.41) is 5.83. The topological polar surface area (TPSA) is 87.7 Å². The van der Waals surface area contributed by atoms with Crippen LogP contribution in [0.15, 0.2) is 24.3 Å². The molecule has 212 valence electrons.